The molecule has 0 unspecified atom stereocenters. The largest absolute Gasteiger partial charge is 0.468 e. The van der Waals surface area contributed by atoms with E-state index >= 15 is 0 Å². The number of hydrogen-bond acceptors (Lipinski definition) is 7. The lowest BCUT2D eigenvalue weighted by Crippen LogP contribution is -2.23. The summed E-state index contributed by atoms with van der Waals surface area (Å²) in [4.78, 5) is 23.3. The number of rotatable bonds is 10. The zero-order valence-corrected chi connectivity index (χ0v) is 15.7. The fraction of sp³-hybridized carbons (Fsp3) is 0.333. The molecule has 0 bridgehead atoms. The molecular weight excluding hydrogens is 374 g/mol. The fourth-order valence-corrected chi connectivity index (χ4v) is 3.01. The molecule has 0 radical (unpaired) electrons. The van der Waals surface area contributed by atoms with Crippen LogP contribution in [0, 0.1) is 0 Å². The predicted octanol–water partition coefficient (Wildman–Crippen LogP) is 2.26. The van der Waals surface area contributed by atoms with Crippen LogP contribution in [0.15, 0.2) is 52.0 Å². The minimum Gasteiger partial charge on any atom is -0.468 e. The number of carbonyl (C=O) groups is 2. The second-order valence-corrected chi connectivity index (χ2v) is 7.35. The first-order chi connectivity index (χ1) is 12.9. The second kappa shape index (κ2) is 9.89. The van der Waals surface area contributed by atoms with Crippen LogP contribution in [0.4, 0.5) is 0 Å². The van der Waals surface area contributed by atoms with Gasteiger partial charge in [0.1, 0.15) is 5.76 Å². The van der Waals surface area contributed by atoms with Crippen LogP contribution in [-0.2, 0) is 30.8 Å². The smallest absolute Gasteiger partial charge is 0.344 e. The van der Waals surface area contributed by atoms with Gasteiger partial charge in [0.15, 0.2) is 6.61 Å². The first-order valence-electron chi connectivity index (χ1n) is 8.37. The number of benzene rings is 1. The summed E-state index contributed by atoms with van der Waals surface area (Å²) in [7, 11) is -3.75. The van der Waals surface area contributed by atoms with E-state index in [0.717, 1.165) is 12.8 Å². The van der Waals surface area contributed by atoms with Crippen LogP contribution >= 0.6 is 0 Å². The van der Waals surface area contributed by atoms with Gasteiger partial charge in [-0.15, -0.1) is 0 Å². The third kappa shape index (κ3) is 6.54. The summed E-state index contributed by atoms with van der Waals surface area (Å²) in [6, 6.07) is 8.48. The molecule has 0 saturated carbocycles. The van der Waals surface area contributed by atoms with E-state index in [1.807, 2.05) is 6.92 Å². The van der Waals surface area contributed by atoms with Crippen molar-refractivity contribution in [3.8, 4) is 0 Å². The van der Waals surface area contributed by atoms with E-state index in [0.29, 0.717) is 5.76 Å². The van der Waals surface area contributed by atoms with Gasteiger partial charge in [0, 0.05) is 0 Å². The second-order valence-electron chi connectivity index (χ2n) is 5.58. The summed E-state index contributed by atoms with van der Waals surface area (Å²) in [5, 5.41) is 0. The standard InChI is InChI=1S/C18H21NO7S/c1-2-3-10-25-17(20)13-26-18(21)14-6-8-16(9-7-14)27(22,23)19-12-15-5-4-11-24-15/h4-9,11,19H,2-3,10,12-13H2,1H3. The molecule has 1 heterocycles. The number of hydrogen-bond donors (Lipinski definition) is 1. The molecule has 2 aromatic rings. The molecule has 1 aromatic carbocycles. The normalized spacial score (nSPS) is 11.1. The van der Waals surface area contributed by atoms with E-state index in [4.69, 9.17) is 13.9 Å². The van der Waals surface area contributed by atoms with Crippen LogP contribution in [0.5, 0.6) is 0 Å². The number of furan rings is 1. The molecule has 1 N–H and O–H groups in total. The molecule has 9 heteroatoms. The number of esters is 2. The number of carbonyl (C=O) groups excluding carboxylic acids is 2. The quantitative estimate of drug-likeness (QED) is 0.485. The molecule has 0 amide bonds. The Morgan fingerprint density at radius 3 is 2.48 bits per heavy atom. The third-order valence-electron chi connectivity index (χ3n) is 3.50. The average Bonchev–Trinajstić information content (AvgIpc) is 3.18. The van der Waals surface area contributed by atoms with Gasteiger partial charge >= 0.3 is 11.9 Å². The van der Waals surface area contributed by atoms with Crippen molar-refractivity contribution in [2.75, 3.05) is 13.2 Å². The maximum Gasteiger partial charge on any atom is 0.344 e. The summed E-state index contributed by atoms with van der Waals surface area (Å²) in [5.74, 6) is -0.891. The van der Waals surface area contributed by atoms with Crippen molar-refractivity contribution in [3.05, 3.63) is 54.0 Å². The van der Waals surface area contributed by atoms with Gasteiger partial charge in [0.2, 0.25) is 10.0 Å². The highest BCUT2D eigenvalue weighted by Gasteiger charge is 2.16. The van der Waals surface area contributed by atoms with Gasteiger partial charge in [-0.05, 0) is 42.8 Å². The highest BCUT2D eigenvalue weighted by atomic mass is 32.2. The van der Waals surface area contributed by atoms with E-state index in [2.05, 4.69) is 4.72 Å². The number of unbranched alkanes of at least 4 members (excludes halogenated alkanes) is 1. The van der Waals surface area contributed by atoms with E-state index in [1.165, 1.54) is 30.5 Å². The Labute approximate surface area is 157 Å². The van der Waals surface area contributed by atoms with Gasteiger partial charge in [0.25, 0.3) is 0 Å². The molecular formula is C18H21NO7S. The van der Waals surface area contributed by atoms with Gasteiger partial charge < -0.3 is 13.9 Å². The number of sulfonamides is 1. The molecule has 27 heavy (non-hydrogen) atoms. The summed E-state index contributed by atoms with van der Waals surface area (Å²) < 4.78 is 41.6. The van der Waals surface area contributed by atoms with E-state index < -0.39 is 28.6 Å². The van der Waals surface area contributed by atoms with Crippen LogP contribution in [0.1, 0.15) is 35.9 Å². The van der Waals surface area contributed by atoms with Crippen molar-refractivity contribution >= 4 is 22.0 Å². The maximum atomic E-state index is 12.2. The molecule has 8 nitrogen and oxygen atoms in total. The zero-order chi connectivity index (χ0) is 19.7. The van der Waals surface area contributed by atoms with Gasteiger partial charge in [-0.25, -0.2) is 22.7 Å². The maximum absolute atomic E-state index is 12.2. The highest BCUT2D eigenvalue weighted by molar-refractivity contribution is 7.89. The molecule has 0 aliphatic heterocycles. The number of nitrogens with one attached hydrogen (secondary N) is 1. The van der Waals surface area contributed by atoms with Gasteiger partial charge in [-0.1, -0.05) is 13.3 Å². The van der Waals surface area contributed by atoms with Crippen LogP contribution < -0.4 is 4.72 Å². The first kappa shape index (κ1) is 20.7. The Kier molecular flexibility index (Phi) is 7.56. The van der Waals surface area contributed by atoms with E-state index in [1.54, 1.807) is 12.1 Å². The van der Waals surface area contributed by atoms with Crippen molar-refractivity contribution < 1.29 is 31.9 Å². The molecule has 0 aliphatic rings. The Hall–Kier alpha value is -2.65. The topological polar surface area (TPSA) is 112 Å². The van der Waals surface area contributed by atoms with Crippen LogP contribution in [0.3, 0.4) is 0 Å². The van der Waals surface area contributed by atoms with Crippen LogP contribution in [0.25, 0.3) is 0 Å². The van der Waals surface area contributed by atoms with Crippen molar-refractivity contribution in [1.29, 1.82) is 0 Å². The molecule has 0 atom stereocenters. The Balaban J connectivity index is 1.87. The van der Waals surface area contributed by atoms with Gasteiger partial charge in [-0.2, -0.15) is 0 Å². The molecule has 1 aromatic heterocycles. The summed E-state index contributed by atoms with van der Waals surface area (Å²) in [6.45, 7) is 1.77. The first-order valence-corrected chi connectivity index (χ1v) is 9.85. The Morgan fingerprint density at radius 1 is 1.11 bits per heavy atom. The molecule has 0 aliphatic carbocycles. The SMILES string of the molecule is CCCCOC(=O)COC(=O)c1ccc(S(=O)(=O)NCc2ccco2)cc1. The van der Waals surface area contributed by atoms with Gasteiger partial charge in [0.05, 0.1) is 29.9 Å². The van der Waals surface area contributed by atoms with Crippen molar-refractivity contribution in [2.24, 2.45) is 0 Å². The summed E-state index contributed by atoms with van der Waals surface area (Å²) >= 11 is 0. The molecule has 0 spiro atoms. The Morgan fingerprint density at radius 2 is 1.85 bits per heavy atom. The Bertz CT molecular complexity index is 842. The van der Waals surface area contributed by atoms with E-state index in [9.17, 15) is 18.0 Å². The van der Waals surface area contributed by atoms with Crippen LogP contribution in [0.2, 0.25) is 0 Å². The average molecular weight is 395 g/mol. The lowest BCUT2D eigenvalue weighted by Gasteiger charge is -2.07. The molecule has 2 rings (SSSR count). The third-order valence-corrected chi connectivity index (χ3v) is 4.92. The minimum absolute atomic E-state index is 0.00965. The lowest BCUT2D eigenvalue weighted by atomic mass is 10.2. The van der Waals surface area contributed by atoms with E-state index in [-0.39, 0.29) is 23.6 Å². The van der Waals surface area contributed by atoms with Crippen molar-refractivity contribution in [1.82, 2.24) is 4.72 Å². The molecule has 0 fully saturated rings. The minimum atomic E-state index is -3.75. The van der Waals surface area contributed by atoms with Crippen LogP contribution in [-0.4, -0.2) is 33.6 Å². The molecule has 146 valence electrons. The lowest BCUT2D eigenvalue weighted by molar-refractivity contribution is -0.147. The molecule has 0 saturated heterocycles. The summed E-state index contributed by atoms with van der Waals surface area (Å²) in [5.41, 5.74) is 0.126. The zero-order valence-electron chi connectivity index (χ0n) is 14.8. The summed E-state index contributed by atoms with van der Waals surface area (Å²) in [6.07, 6.45) is 3.08. The fourth-order valence-electron chi connectivity index (χ4n) is 2.01. The highest BCUT2D eigenvalue weighted by Crippen LogP contribution is 2.12. The van der Waals surface area contributed by atoms with Crippen molar-refractivity contribution in [3.63, 3.8) is 0 Å². The van der Waals surface area contributed by atoms with Gasteiger partial charge in [-0.3, -0.25) is 0 Å². The monoisotopic (exact) mass is 395 g/mol. The van der Waals surface area contributed by atoms with Crippen molar-refractivity contribution in [2.45, 2.75) is 31.2 Å². The predicted molar refractivity (Wildman–Crippen MR) is 95.3 cm³/mol. The number of ether oxygens (including phenoxy) is 2.